The summed E-state index contributed by atoms with van der Waals surface area (Å²) in [6, 6.07) is 87.9. The first-order valence-corrected chi connectivity index (χ1v) is 22.1. The van der Waals surface area contributed by atoms with Crippen molar-refractivity contribution in [2.24, 2.45) is 0 Å². The summed E-state index contributed by atoms with van der Waals surface area (Å²) in [5, 5.41) is 2.45. The van der Waals surface area contributed by atoms with Crippen LogP contribution in [0.4, 0.5) is 17.1 Å². The van der Waals surface area contributed by atoms with Crippen molar-refractivity contribution in [3.63, 3.8) is 0 Å². The predicted molar refractivity (Wildman–Crippen MR) is 264 cm³/mol. The van der Waals surface area contributed by atoms with E-state index < -0.39 is 5.41 Å². The fraction of sp³-hybridized carbons (Fsp3) is 0.0645. The molecule has 2 aliphatic rings. The molecule has 0 heterocycles. The highest BCUT2D eigenvalue weighted by Crippen LogP contribution is 2.61. The Kier molecular flexibility index (Phi) is 8.49. The van der Waals surface area contributed by atoms with Crippen LogP contribution >= 0.6 is 0 Å². The third-order valence-corrected chi connectivity index (χ3v) is 13.9. The minimum absolute atomic E-state index is 0.139. The number of benzene rings is 10. The Labute approximate surface area is 370 Å². The van der Waals surface area contributed by atoms with Gasteiger partial charge in [-0.1, -0.05) is 208 Å². The molecule has 0 amide bonds. The van der Waals surface area contributed by atoms with E-state index in [1.807, 2.05) is 0 Å². The monoisotopic (exact) mass is 803 g/mol. The van der Waals surface area contributed by atoms with Gasteiger partial charge in [0.1, 0.15) is 0 Å². The van der Waals surface area contributed by atoms with E-state index in [1.165, 1.54) is 88.7 Å². The van der Waals surface area contributed by atoms with Crippen LogP contribution in [0.2, 0.25) is 0 Å². The molecule has 12 rings (SSSR count). The van der Waals surface area contributed by atoms with E-state index in [-0.39, 0.29) is 5.41 Å². The minimum atomic E-state index is -0.582. The zero-order valence-electron chi connectivity index (χ0n) is 35.5. The van der Waals surface area contributed by atoms with Crippen LogP contribution in [-0.2, 0) is 10.8 Å². The van der Waals surface area contributed by atoms with Gasteiger partial charge in [0.2, 0.25) is 0 Å². The number of rotatable bonds is 7. The van der Waals surface area contributed by atoms with Crippen LogP contribution in [0, 0.1) is 0 Å². The fourth-order valence-corrected chi connectivity index (χ4v) is 11.1. The summed E-state index contributed by atoms with van der Waals surface area (Å²) in [6.45, 7) is 4.74. The average Bonchev–Trinajstić information content (AvgIpc) is 3.79. The van der Waals surface area contributed by atoms with Gasteiger partial charge in [0.15, 0.2) is 0 Å². The maximum atomic E-state index is 2.48. The molecular weight excluding hydrogens is 759 g/mol. The molecule has 0 bridgehead atoms. The first-order chi connectivity index (χ1) is 31.0. The zero-order valence-corrected chi connectivity index (χ0v) is 35.5. The highest BCUT2D eigenvalue weighted by molar-refractivity contribution is 6.08. The molecule has 0 spiro atoms. The molecule has 298 valence electrons. The lowest BCUT2D eigenvalue weighted by Crippen LogP contribution is -2.29. The third kappa shape index (κ3) is 5.63. The van der Waals surface area contributed by atoms with Crippen LogP contribution in [0.25, 0.3) is 55.3 Å². The molecule has 0 fully saturated rings. The summed E-state index contributed by atoms with van der Waals surface area (Å²) in [4.78, 5) is 2.47. The Morgan fingerprint density at radius 2 is 0.825 bits per heavy atom. The van der Waals surface area contributed by atoms with Crippen molar-refractivity contribution in [3.8, 4) is 44.5 Å². The van der Waals surface area contributed by atoms with Gasteiger partial charge in [0.25, 0.3) is 0 Å². The molecule has 10 aromatic rings. The largest absolute Gasteiger partial charge is 0.310 e. The molecule has 2 aliphatic carbocycles. The second-order valence-electron chi connectivity index (χ2n) is 17.6. The van der Waals surface area contributed by atoms with Gasteiger partial charge in [-0.25, -0.2) is 0 Å². The van der Waals surface area contributed by atoms with Crippen LogP contribution in [0.5, 0.6) is 0 Å². The number of hydrogen-bond donors (Lipinski definition) is 0. The lowest BCUT2D eigenvalue weighted by atomic mass is 9.66. The van der Waals surface area contributed by atoms with E-state index in [1.54, 1.807) is 0 Å². The van der Waals surface area contributed by atoms with E-state index in [9.17, 15) is 0 Å². The first-order valence-electron chi connectivity index (χ1n) is 22.1. The Hall–Kier alpha value is -7.74. The molecule has 0 aliphatic heterocycles. The molecule has 63 heavy (non-hydrogen) atoms. The van der Waals surface area contributed by atoms with Gasteiger partial charge in [0, 0.05) is 22.5 Å². The summed E-state index contributed by atoms with van der Waals surface area (Å²) in [5.41, 5.74) is 20.6. The average molecular weight is 804 g/mol. The number of hydrogen-bond acceptors (Lipinski definition) is 1. The number of fused-ring (bicyclic) bond motifs is 8. The van der Waals surface area contributed by atoms with Crippen molar-refractivity contribution in [1.82, 2.24) is 0 Å². The van der Waals surface area contributed by atoms with E-state index in [2.05, 4.69) is 255 Å². The standard InChI is InChI=1S/C62H45N/c1-61(2)56-29-17-15-27-51(56)52-38-37-50(41-58(52)61)63(48-34-31-43(32-35-48)42-19-7-3-8-20-42)49-36-33-45-39-54(44-21-9-4-10-22-44)59-53-28-16-18-30-57(53)62(60(59)55(45)40-49,46-23-11-5-12-24-46)47-25-13-6-14-26-47/h3-41H,1-2H3. The van der Waals surface area contributed by atoms with Crippen molar-refractivity contribution in [2.45, 2.75) is 24.7 Å². The molecule has 10 aromatic carbocycles. The van der Waals surface area contributed by atoms with Gasteiger partial charge in [-0.2, -0.15) is 0 Å². The summed E-state index contributed by atoms with van der Waals surface area (Å²) < 4.78 is 0. The molecule has 0 atom stereocenters. The summed E-state index contributed by atoms with van der Waals surface area (Å²) in [6.07, 6.45) is 0. The van der Waals surface area contributed by atoms with Crippen molar-refractivity contribution >= 4 is 27.8 Å². The van der Waals surface area contributed by atoms with Crippen LogP contribution < -0.4 is 4.90 Å². The minimum Gasteiger partial charge on any atom is -0.310 e. The van der Waals surface area contributed by atoms with Crippen LogP contribution in [-0.4, -0.2) is 0 Å². The SMILES string of the molecule is CC1(C)c2ccccc2-c2ccc(N(c3ccc(-c4ccccc4)cc3)c3ccc4cc(-c5ccccc5)c5c(c4c3)C(c3ccccc3)(c3ccccc3)c3ccccc3-5)cc21. The van der Waals surface area contributed by atoms with Gasteiger partial charge in [-0.15, -0.1) is 0 Å². The van der Waals surface area contributed by atoms with Gasteiger partial charge in [0.05, 0.1) is 5.41 Å². The van der Waals surface area contributed by atoms with Crippen molar-refractivity contribution in [2.75, 3.05) is 4.90 Å². The van der Waals surface area contributed by atoms with Crippen molar-refractivity contribution in [1.29, 1.82) is 0 Å². The quantitative estimate of drug-likeness (QED) is 0.155. The molecule has 0 aromatic heterocycles. The van der Waals surface area contributed by atoms with E-state index in [4.69, 9.17) is 0 Å². The summed E-state index contributed by atoms with van der Waals surface area (Å²) in [7, 11) is 0. The summed E-state index contributed by atoms with van der Waals surface area (Å²) >= 11 is 0. The Balaban J connectivity index is 1.16. The molecule has 0 radical (unpaired) electrons. The molecule has 0 N–H and O–H groups in total. The van der Waals surface area contributed by atoms with E-state index in [0.29, 0.717) is 0 Å². The van der Waals surface area contributed by atoms with E-state index >= 15 is 0 Å². The third-order valence-electron chi connectivity index (χ3n) is 13.9. The second-order valence-corrected chi connectivity index (χ2v) is 17.6. The van der Waals surface area contributed by atoms with E-state index in [0.717, 1.165) is 17.1 Å². The smallest absolute Gasteiger partial charge is 0.0719 e. The second kappa shape index (κ2) is 14.4. The van der Waals surface area contributed by atoms with Crippen LogP contribution in [0.15, 0.2) is 237 Å². The predicted octanol–water partition coefficient (Wildman–Crippen LogP) is 16.3. The molecule has 1 nitrogen and oxygen atoms in total. The number of nitrogens with zero attached hydrogens (tertiary/aromatic N) is 1. The summed E-state index contributed by atoms with van der Waals surface area (Å²) in [5.74, 6) is 0. The first kappa shape index (κ1) is 37.1. The molecule has 0 saturated carbocycles. The fourth-order valence-electron chi connectivity index (χ4n) is 11.1. The molecule has 1 heteroatoms. The van der Waals surface area contributed by atoms with Crippen LogP contribution in [0.3, 0.4) is 0 Å². The maximum Gasteiger partial charge on any atom is 0.0719 e. The molecule has 0 saturated heterocycles. The molecular formula is C62H45N. The Morgan fingerprint density at radius 1 is 0.333 bits per heavy atom. The highest BCUT2D eigenvalue weighted by Gasteiger charge is 2.48. The van der Waals surface area contributed by atoms with Gasteiger partial charge >= 0.3 is 0 Å². The lowest BCUT2D eigenvalue weighted by Gasteiger charge is -2.35. The number of anilines is 3. The zero-order chi connectivity index (χ0) is 42.1. The highest BCUT2D eigenvalue weighted by atomic mass is 15.1. The Morgan fingerprint density at radius 3 is 1.49 bits per heavy atom. The van der Waals surface area contributed by atoms with Gasteiger partial charge in [-0.3, -0.25) is 0 Å². The van der Waals surface area contributed by atoms with Crippen LogP contribution in [0.1, 0.15) is 47.2 Å². The topological polar surface area (TPSA) is 3.24 Å². The molecule has 0 unspecified atom stereocenters. The lowest BCUT2D eigenvalue weighted by molar-refractivity contribution is 0.660. The normalized spacial score (nSPS) is 13.8. The van der Waals surface area contributed by atoms with Crippen molar-refractivity contribution in [3.05, 3.63) is 270 Å². The van der Waals surface area contributed by atoms with Gasteiger partial charge in [-0.05, 0) is 131 Å². The van der Waals surface area contributed by atoms with Gasteiger partial charge < -0.3 is 4.90 Å². The van der Waals surface area contributed by atoms with Crippen molar-refractivity contribution < 1.29 is 0 Å². The maximum absolute atomic E-state index is 2.48. The Bertz CT molecular complexity index is 3290.